The van der Waals surface area contributed by atoms with Gasteiger partial charge in [0.1, 0.15) is 0 Å². The Morgan fingerprint density at radius 2 is 2.29 bits per heavy atom. The Bertz CT molecular complexity index is 326. The first-order chi connectivity index (χ1) is 6.65. The molecule has 0 fully saturated rings. The molecule has 0 amide bonds. The molecule has 0 atom stereocenters. The van der Waals surface area contributed by atoms with Crippen molar-refractivity contribution < 1.29 is 9.53 Å². The highest BCUT2D eigenvalue weighted by molar-refractivity contribution is 5.87. The summed E-state index contributed by atoms with van der Waals surface area (Å²) in [5.41, 5.74) is 0.283. The lowest BCUT2D eigenvalue weighted by Gasteiger charge is -2.09. The minimum atomic E-state index is -0.419. The number of hydrogen-bond donors (Lipinski definition) is 0. The topological polar surface area (TPSA) is 55.3 Å². The molecule has 0 saturated carbocycles. The molecule has 1 aromatic rings. The molecule has 5 heteroatoms. The highest BCUT2D eigenvalue weighted by Crippen LogP contribution is 2.04. The van der Waals surface area contributed by atoms with Crippen LogP contribution in [-0.2, 0) is 4.74 Å². The Kier molecular flexibility index (Phi) is 3.39. The standard InChI is InChI=1S/C9H13N3O2/c1-4-14-8(13)7-5-6-10-9(11-7)12(2)3/h5-6H,4H2,1-3H3. The van der Waals surface area contributed by atoms with Crippen LogP contribution >= 0.6 is 0 Å². The summed E-state index contributed by atoms with van der Waals surface area (Å²) < 4.78 is 4.81. The number of hydrogen-bond acceptors (Lipinski definition) is 5. The SMILES string of the molecule is CCOC(=O)c1ccnc(N(C)C)n1. The predicted molar refractivity (Wildman–Crippen MR) is 52.3 cm³/mol. The minimum absolute atomic E-state index is 0.283. The fraction of sp³-hybridized carbons (Fsp3) is 0.444. The van der Waals surface area contributed by atoms with Gasteiger partial charge in [0.25, 0.3) is 0 Å². The van der Waals surface area contributed by atoms with E-state index in [1.54, 1.807) is 11.8 Å². The van der Waals surface area contributed by atoms with Gasteiger partial charge in [-0.15, -0.1) is 0 Å². The fourth-order valence-corrected chi connectivity index (χ4v) is 0.883. The molecule has 0 N–H and O–H groups in total. The van der Waals surface area contributed by atoms with E-state index in [2.05, 4.69) is 9.97 Å². The largest absolute Gasteiger partial charge is 0.461 e. The summed E-state index contributed by atoms with van der Waals surface area (Å²) in [6.45, 7) is 2.10. The van der Waals surface area contributed by atoms with Gasteiger partial charge in [0, 0.05) is 20.3 Å². The van der Waals surface area contributed by atoms with E-state index in [1.165, 1.54) is 12.3 Å². The molecule has 0 unspecified atom stereocenters. The van der Waals surface area contributed by atoms with Crippen molar-refractivity contribution in [2.24, 2.45) is 0 Å². The summed E-state index contributed by atoms with van der Waals surface area (Å²) in [6, 6.07) is 1.53. The van der Waals surface area contributed by atoms with E-state index >= 15 is 0 Å². The lowest BCUT2D eigenvalue weighted by atomic mass is 10.4. The van der Waals surface area contributed by atoms with Crippen LogP contribution in [0.5, 0.6) is 0 Å². The summed E-state index contributed by atoms with van der Waals surface area (Å²) in [5.74, 6) is 0.0774. The van der Waals surface area contributed by atoms with E-state index in [4.69, 9.17) is 4.74 Å². The highest BCUT2D eigenvalue weighted by atomic mass is 16.5. The van der Waals surface area contributed by atoms with Gasteiger partial charge in [0.2, 0.25) is 5.95 Å². The maximum absolute atomic E-state index is 11.3. The molecular formula is C9H13N3O2. The van der Waals surface area contributed by atoms with Crippen LogP contribution in [-0.4, -0.2) is 36.6 Å². The third-order valence-electron chi connectivity index (χ3n) is 1.53. The lowest BCUT2D eigenvalue weighted by Crippen LogP contribution is -2.15. The molecule has 1 rings (SSSR count). The first-order valence-electron chi connectivity index (χ1n) is 4.32. The number of nitrogens with zero attached hydrogens (tertiary/aromatic N) is 3. The Labute approximate surface area is 82.7 Å². The molecule has 0 saturated heterocycles. The van der Waals surface area contributed by atoms with Crippen molar-refractivity contribution in [2.75, 3.05) is 25.6 Å². The number of esters is 1. The maximum atomic E-state index is 11.3. The van der Waals surface area contributed by atoms with Crippen LogP contribution in [0.2, 0.25) is 0 Å². The molecular weight excluding hydrogens is 182 g/mol. The van der Waals surface area contributed by atoms with Gasteiger partial charge < -0.3 is 9.64 Å². The van der Waals surface area contributed by atoms with Crippen LogP contribution in [0.15, 0.2) is 12.3 Å². The molecule has 1 aromatic heterocycles. The van der Waals surface area contributed by atoms with Gasteiger partial charge in [-0.3, -0.25) is 0 Å². The quantitative estimate of drug-likeness (QED) is 0.665. The number of carbonyl (C=O) groups is 1. The van der Waals surface area contributed by atoms with Crippen molar-refractivity contribution in [3.05, 3.63) is 18.0 Å². The zero-order chi connectivity index (χ0) is 10.6. The smallest absolute Gasteiger partial charge is 0.357 e. The van der Waals surface area contributed by atoms with E-state index in [-0.39, 0.29) is 5.69 Å². The fourth-order valence-electron chi connectivity index (χ4n) is 0.883. The maximum Gasteiger partial charge on any atom is 0.357 e. The van der Waals surface area contributed by atoms with Gasteiger partial charge >= 0.3 is 5.97 Å². The van der Waals surface area contributed by atoms with E-state index in [0.717, 1.165) is 0 Å². The van der Waals surface area contributed by atoms with Crippen LogP contribution in [0.1, 0.15) is 17.4 Å². The molecule has 5 nitrogen and oxygen atoms in total. The average molecular weight is 195 g/mol. The Balaban J connectivity index is 2.88. The first-order valence-corrected chi connectivity index (χ1v) is 4.32. The van der Waals surface area contributed by atoms with Gasteiger partial charge in [0.05, 0.1) is 6.61 Å². The number of anilines is 1. The van der Waals surface area contributed by atoms with E-state index in [0.29, 0.717) is 12.6 Å². The van der Waals surface area contributed by atoms with Gasteiger partial charge in [-0.2, -0.15) is 0 Å². The first kappa shape index (κ1) is 10.4. The normalized spacial score (nSPS) is 9.64. The van der Waals surface area contributed by atoms with Crippen LogP contribution in [0.4, 0.5) is 5.95 Å². The van der Waals surface area contributed by atoms with E-state index < -0.39 is 5.97 Å². The van der Waals surface area contributed by atoms with Crippen LogP contribution in [0, 0.1) is 0 Å². The van der Waals surface area contributed by atoms with Crippen LogP contribution < -0.4 is 4.90 Å². The average Bonchev–Trinajstić information content (AvgIpc) is 2.18. The third-order valence-corrected chi connectivity index (χ3v) is 1.53. The molecule has 0 aliphatic rings. The van der Waals surface area contributed by atoms with Gasteiger partial charge in [-0.1, -0.05) is 0 Å². The molecule has 0 radical (unpaired) electrons. The molecule has 14 heavy (non-hydrogen) atoms. The second kappa shape index (κ2) is 4.55. The Morgan fingerprint density at radius 3 is 2.86 bits per heavy atom. The zero-order valence-corrected chi connectivity index (χ0v) is 8.52. The summed E-state index contributed by atoms with van der Waals surface area (Å²) in [4.78, 5) is 21.0. The van der Waals surface area contributed by atoms with Crippen molar-refractivity contribution >= 4 is 11.9 Å². The molecule has 0 bridgehead atoms. The number of aromatic nitrogens is 2. The second-order valence-electron chi connectivity index (χ2n) is 2.86. The third kappa shape index (κ3) is 2.42. The van der Waals surface area contributed by atoms with Crippen molar-refractivity contribution in [1.29, 1.82) is 0 Å². The minimum Gasteiger partial charge on any atom is -0.461 e. The van der Waals surface area contributed by atoms with Gasteiger partial charge in [-0.05, 0) is 13.0 Å². The monoisotopic (exact) mass is 195 g/mol. The molecule has 1 heterocycles. The molecule has 0 aromatic carbocycles. The van der Waals surface area contributed by atoms with Crippen LogP contribution in [0.3, 0.4) is 0 Å². The van der Waals surface area contributed by atoms with Crippen LogP contribution in [0.25, 0.3) is 0 Å². The highest BCUT2D eigenvalue weighted by Gasteiger charge is 2.09. The number of ether oxygens (including phenoxy) is 1. The summed E-state index contributed by atoms with van der Waals surface area (Å²) >= 11 is 0. The van der Waals surface area contributed by atoms with E-state index in [1.807, 2.05) is 14.1 Å². The molecule has 0 spiro atoms. The molecule has 0 aliphatic carbocycles. The predicted octanol–water partition coefficient (Wildman–Crippen LogP) is 0.719. The lowest BCUT2D eigenvalue weighted by molar-refractivity contribution is 0.0519. The molecule has 0 aliphatic heterocycles. The number of rotatable bonds is 3. The van der Waals surface area contributed by atoms with Crippen molar-refractivity contribution in [3.8, 4) is 0 Å². The Morgan fingerprint density at radius 1 is 1.57 bits per heavy atom. The zero-order valence-electron chi connectivity index (χ0n) is 8.52. The van der Waals surface area contributed by atoms with Crippen molar-refractivity contribution in [1.82, 2.24) is 9.97 Å². The van der Waals surface area contributed by atoms with E-state index in [9.17, 15) is 4.79 Å². The molecule has 76 valence electrons. The van der Waals surface area contributed by atoms with Crippen molar-refractivity contribution in [2.45, 2.75) is 6.92 Å². The Hall–Kier alpha value is -1.65. The summed E-state index contributed by atoms with van der Waals surface area (Å²) in [7, 11) is 3.62. The van der Waals surface area contributed by atoms with Gasteiger partial charge in [0.15, 0.2) is 5.69 Å². The second-order valence-corrected chi connectivity index (χ2v) is 2.86. The summed E-state index contributed by atoms with van der Waals surface area (Å²) in [5, 5.41) is 0. The van der Waals surface area contributed by atoms with Crippen molar-refractivity contribution in [3.63, 3.8) is 0 Å². The summed E-state index contributed by atoms with van der Waals surface area (Å²) in [6.07, 6.45) is 1.54. The van der Waals surface area contributed by atoms with Gasteiger partial charge in [-0.25, -0.2) is 14.8 Å². The number of carbonyl (C=O) groups excluding carboxylic acids is 1.